The number of anilines is 1. The van der Waals surface area contributed by atoms with Gasteiger partial charge >= 0.3 is 0 Å². The lowest BCUT2D eigenvalue weighted by Gasteiger charge is -2.20. The molecule has 5 nitrogen and oxygen atoms in total. The number of carbonyl (C=O) groups is 2. The maximum atomic E-state index is 12.3. The molecule has 0 aromatic heterocycles. The second-order valence-corrected chi connectivity index (χ2v) is 7.04. The Labute approximate surface area is 157 Å². The normalized spacial score (nSPS) is 10.6. The molecule has 2 rings (SSSR count). The lowest BCUT2D eigenvalue weighted by Crippen LogP contribution is -2.38. The molecule has 0 saturated carbocycles. The highest BCUT2D eigenvalue weighted by atomic mass is 79.9. The largest absolute Gasteiger partial charge is 0.369 e. The summed E-state index contributed by atoms with van der Waals surface area (Å²) in [6.45, 7) is 0.541. The van der Waals surface area contributed by atoms with Crippen LogP contribution in [0.4, 0.5) is 5.69 Å². The first-order chi connectivity index (χ1) is 11.4. The Morgan fingerprint density at radius 2 is 1.67 bits per heavy atom. The number of nitrogens with two attached hydrogens (primary N) is 1. The molecule has 0 aliphatic heterocycles. The van der Waals surface area contributed by atoms with Gasteiger partial charge in [-0.2, -0.15) is 0 Å². The first-order valence-electron chi connectivity index (χ1n) is 7.23. The molecule has 0 unspecified atom stereocenters. The lowest BCUT2D eigenvalue weighted by molar-refractivity contribution is -0.121. The summed E-state index contributed by atoms with van der Waals surface area (Å²) in [6, 6.07) is 15.1. The molecule has 2 aromatic carbocycles. The molecule has 7 heteroatoms. The van der Waals surface area contributed by atoms with Crippen molar-refractivity contribution in [1.29, 1.82) is 0 Å². The minimum Gasteiger partial charge on any atom is -0.369 e. The van der Waals surface area contributed by atoms with Gasteiger partial charge in [0, 0.05) is 15.5 Å². The highest BCUT2D eigenvalue weighted by Crippen LogP contribution is 2.21. The smallest absolute Gasteiger partial charge is 0.238 e. The molecule has 0 heterocycles. The van der Waals surface area contributed by atoms with E-state index in [0.29, 0.717) is 12.2 Å². The third kappa shape index (κ3) is 6.07. The van der Waals surface area contributed by atoms with Crippen LogP contribution in [0, 0.1) is 0 Å². The molecule has 2 amide bonds. The van der Waals surface area contributed by atoms with Gasteiger partial charge in [-0.05, 0) is 45.8 Å². The summed E-state index contributed by atoms with van der Waals surface area (Å²) in [5.74, 6) is -0.680. The van der Waals surface area contributed by atoms with Crippen molar-refractivity contribution in [3.05, 3.63) is 63.0 Å². The zero-order valence-electron chi connectivity index (χ0n) is 12.8. The van der Waals surface area contributed by atoms with Crippen molar-refractivity contribution >= 4 is 49.4 Å². The van der Waals surface area contributed by atoms with Gasteiger partial charge in [0.15, 0.2) is 0 Å². The molecule has 0 spiro atoms. The van der Waals surface area contributed by atoms with Gasteiger partial charge in [0.05, 0.1) is 18.8 Å². The highest BCUT2D eigenvalue weighted by Gasteiger charge is 2.14. The number of para-hydroxylation sites is 1. The summed E-state index contributed by atoms with van der Waals surface area (Å²) in [7, 11) is 0. The molecule has 0 saturated heterocycles. The van der Waals surface area contributed by atoms with Crippen molar-refractivity contribution in [2.75, 3.05) is 18.4 Å². The van der Waals surface area contributed by atoms with Crippen molar-refractivity contribution in [2.45, 2.75) is 6.54 Å². The van der Waals surface area contributed by atoms with Gasteiger partial charge < -0.3 is 11.1 Å². The Morgan fingerprint density at radius 1 is 1.00 bits per heavy atom. The fourth-order valence-electron chi connectivity index (χ4n) is 2.19. The molecule has 24 heavy (non-hydrogen) atoms. The molecular weight excluding hydrogens is 438 g/mol. The van der Waals surface area contributed by atoms with Crippen molar-refractivity contribution in [1.82, 2.24) is 4.90 Å². The number of primary amides is 1. The van der Waals surface area contributed by atoms with Gasteiger partial charge in [-0.25, -0.2) is 0 Å². The second-order valence-electron chi connectivity index (χ2n) is 5.27. The predicted molar refractivity (Wildman–Crippen MR) is 101 cm³/mol. The molecule has 3 N–H and O–H groups in total. The first kappa shape index (κ1) is 18.6. The molecule has 126 valence electrons. The van der Waals surface area contributed by atoms with Crippen molar-refractivity contribution in [3.8, 4) is 0 Å². The Kier molecular flexibility index (Phi) is 6.96. The van der Waals surface area contributed by atoms with Gasteiger partial charge in [0.25, 0.3) is 0 Å². The molecule has 0 fully saturated rings. The number of nitrogens with zero attached hydrogens (tertiary/aromatic N) is 1. The summed E-state index contributed by atoms with van der Waals surface area (Å²) in [5, 5.41) is 2.82. The molecule has 0 atom stereocenters. The van der Waals surface area contributed by atoms with Crippen LogP contribution in [0.2, 0.25) is 0 Å². The minimum absolute atomic E-state index is 0.0133. The van der Waals surface area contributed by atoms with E-state index in [0.717, 1.165) is 14.5 Å². The molecule has 2 aromatic rings. The van der Waals surface area contributed by atoms with E-state index >= 15 is 0 Å². The van der Waals surface area contributed by atoms with Gasteiger partial charge in [-0.15, -0.1) is 0 Å². The number of halogens is 2. The molecule has 0 bridgehead atoms. The summed E-state index contributed by atoms with van der Waals surface area (Å²) in [4.78, 5) is 25.3. The van der Waals surface area contributed by atoms with Crippen LogP contribution in [0.5, 0.6) is 0 Å². The van der Waals surface area contributed by atoms with Crippen LogP contribution in [0.1, 0.15) is 5.56 Å². The van der Waals surface area contributed by atoms with E-state index in [-0.39, 0.29) is 19.0 Å². The lowest BCUT2D eigenvalue weighted by atomic mass is 10.2. The van der Waals surface area contributed by atoms with E-state index in [1.165, 1.54) is 0 Å². The number of hydrogen-bond acceptors (Lipinski definition) is 3. The van der Waals surface area contributed by atoms with E-state index in [4.69, 9.17) is 5.73 Å². The van der Waals surface area contributed by atoms with E-state index in [9.17, 15) is 9.59 Å². The summed E-state index contributed by atoms with van der Waals surface area (Å²) < 4.78 is 1.77. The van der Waals surface area contributed by atoms with Crippen molar-refractivity contribution in [2.24, 2.45) is 5.73 Å². The monoisotopic (exact) mass is 453 g/mol. The summed E-state index contributed by atoms with van der Waals surface area (Å²) >= 11 is 6.76. The molecule has 0 radical (unpaired) electrons. The van der Waals surface area contributed by atoms with Crippen LogP contribution in [-0.2, 0) is 16.1 Å². The minimum atomic E-state index is -0.471. The Balaban J connectivity index is 2.02. The van der Waals surface area contributed by atoms with Crippen LogP contribution < -0.4 is 11.1 Å². The molecule has 0 aliphatic rings. The maximum Gasteiger partial charge on any atom is 0.238 e. The number of benzene rings is 2. The Hall–Kier alpha value is -1.70. The topological polar surface area (TPSA) is 75.4 Å². The van der Waals surface area contributed by atoms with E-state index in [1.807, 2.05) is 42.5 Å². The number of amides is 2. The maximum absolute atomic E-state index is 12.3. The van der Waals surface area contributed by atoms with E-state index < -0.39 is 5.91 Å². The number of rotatable bonds is 7. The van der Waals surface area contributed by atoms with Crippen LogP contribution in [0.25, 0.3) is 0 Å². The van der Waals surface area contributed by atoms with Gasteiger partial charge in [0.2, 0.25) is 11.8 Å². The Morgan fingerprint density at radius 3 is 2.29 bits per heavy atom. The molecule has 0 aliphatic carbocycles. The van der Waals surface area contributed by atoms with Gasteiger partial charge in [-0.3, -0.25) is 14.5 Å². The van der Waals surface area contributed by atoms with Crippen LogP contribution in [-0.4, -0.2) is 29.8 Å². The number of hydrogen-bond donors (Lipinski definition) is 2. The SMILES string of the molecule is NC(=O)CN(CC(=O)Nc1ccccc1Br)Cc1ccc(Br)cc1. The highest BCUT2D eigenvalue weighted by molar-refractivity contribution is 9.10. The van der Waals surface area contributed by atoms with Crippen LogP contribution >= 0.6 is 31.9 Å². The fourth-order valence-corrected chi connectivity index (χ4v) is 2.84. The standard InChI is InChI=1S/C17H17Br2N3O2/c18-13-7-5-12(6-8-13)9-22(10-16(20)23)11-17(24)21-15-4-2-1-3-14(15)19/h1-8H,9-11H2,(H2,20,23)(H,21,24). The zero-order valence-corrected chi connectivity index (χ0v) is 16.0. The van der Waals surface area contributed by atoms with E-state index in [1.54, 1.807) is 11.0 Å². The summed E-state index contributed by atoms with van der Waals surface area (Å²) in [6.07, 6.45) is 0. The van der Waals surface area contributed by atoms with Gasteiger partial charge in [0.1, 0.15) is 0 Å². The average Bonchev–Trinajstić information content (AvgIpc) is 2.51. The number of nitrogens with one attached hydrogen (secondary N) is 1. The van der Waals surface area contributed by atoms with E-state index in [2.05, 4.69) is 37.2 Å². The second kappa shape index (κ2) is 8.96. The third-order valence-corrected chi connectivity index (χ3v) is 4.43. The van der Waals surface area contributed by atoms with Crippen LogP contribution in [0.15, 0.2) is 57.5 Å². The predicted octanol–water partition coefficient (Wildman–Crippen LogP) is 3.14. The average molecular weight is 455 g/mol. The summed E-state index contributed by atoms with van der Waals surface area (Å²) in [5.41, 5.74) is 6.98. The van der Waals surface area contributed by atoms with Gasteiger partial charge in [-0.1, -0.05) is 40.2 Å². The zero-order chi connectivity index (χ0) is 17.5. The third-order valence-electron chi connectivity index (χ3n) is 3.21. The quantitative estimate of drug-likeness (QED) is 0.674. The van der Waals surface area contributed by atoms with Crippen molar-refractivity contribution < 1.29 is 9.59 Å². The fraction of sp³-hybridized carbons (Fsp3) is 0.176. The number of carbonyl (C=O) groups excluding carboxylic acids is 2. The van der Waals surface area contributed by atoms with Crippen molar-refractivity contribution in [3.63, 3.8) is 0 Å². The first-order valence-corrected chi connectivity index (χ1v) is 8.82. The Bertz CT molecular complexity index is 720. The van der Waals surface area contributed by atoms with Crippen LogP contribution in [0.3, 0.4) is 0 Å². The molecular formula is C17H17Br2N3O2.